The lowest BCUT2D eigenvalue weighted by Gasteiger charge is -2.34. The fraction of sp³-hybridized carbons (Fsp3) is 0.867. The maximum atomic E-state index is 12.2. The van der Waals surface area contributed by atoms with Gasteiger partial charge in [0.05, 0.1) is 25.4 Å². The highest BCUT2D eigenvalue weighted by atomic mass is 16.5. The third-order valence-corrected chi connectivity index (χ3v) is 4.13. The summed E-state index contributed by atoms with van der Waals surface area (Å²) in [7, 11) is 1.81. The SMILES string of the molecule is CN(CC(N)=O)CC1CN(C(=O)NCCC2CCCO2)CCO1. The van der Waals surface area contributed by atoms with Gasteiger partial charge in [0, 0.05) is 32.8 Å². The molecule has 2 rings (SSSR count). The summed E-state index contributed by atoms with van der Waals surface area (Å²) < 4.78 is 11.2. The number of nitrogens with zero attached hydrogens (tertiary/aromatic N) is 2. The highest BCUT2D eigenvalue weighted by Crippen LogP contribution is 2.14. The normalized spacial score (nSPS) is 24.9. The van der Waals surface area contributed by atoms with E-state index in [4.69, 9.17) is 15.2 Å². The lowest BCUT2D eigenvalue weighted by molar-refractivity contribution is -0.119. The highest BCUT2D eigenvalue weighted by Gasteiger charge is 2.25. The number of ether oxygens (including phenoxy) is 2. The molecular formula is C15H28N4O4. The quantitative estimate of drug-likeness (QED) is 0.649. The number of nitrogens with two attached hydrogens (primary N) is 1. The second-order valence-corrected chi connectivity index (χ2v) is 6.26. The first-order valence-electron chi connectivity index (χ1n) is 8.27. The van der Waals surface area contributed by atoms with Gasteiger partial charge in [-0.15, -0.1) is 0 Å². The number of morpholine rings is 1. The minimum absolute atomic E-state index is 0.0612. The Balaban J connectivity index is 1.67. The Hall–Kier alpha value is -1.38. The molecule has 0 radical (unpaired) electrons. The second-order valence-electron chi connectivity index (χ2n) is 6.26. The maximum absolute atomic E-state index is 12.2. The van der Waals surface area contributed by atoms with E-state index in [-0.39, 0.29) is 30.7 Å². The number of rotatable bonds is 7. The average molecular weight is 328 g/mol. The molecule has 132 valence electrons. The summed E-state index contributed by atoms with van der Waals surface area (Å²) in [6.07, 6.45) is 3.25. The molecule has 2 aliphatic heterocycles. The van der Waals surface area contributed by atoms with Crippen LogP contribution in [0.25, 0.3) is 0 Å². The molecule has 0 aromatic heterocycles. The molecular weight excluding hydrogens is 300 g/mol. The van der Waals surface area contributed by atoms with Crippen LogP contribution in [0, 0.1) is 0 Å². The molecule has 3 N–H and O–H groups in total. The number of urea groups is 1. The zero-order chi connectivity index (χ0) is 16.7. The molecule has 2 saturated heterocycles. The van der Waals surface area contributed by atoms with Gasteiger partial charge in [-0.1, -0.05) is 0 Å². The lowest BCUT2D eigenvalue weighted by atomic mass is 10.2. The van der Waals surface area contributed by atoms with Crippen molar-refractivity contribution in [3.05, 3.63) is 0 Å². The highest BCUT2D eigenvalue weighted by molar-refractivity contribution is 5.76. The van der Waals surface area contributed by atoms with E-state index in [1.54, 1.807) is 4.90 Å². The fourth-order valence-electron chi connectivity index (χ4n) is 3.02. The van der Waals surface area contributed by atoms with Crippen LogP contribution in [-0.2, 0) is 14.3 Å². The number of carbonyl (C=O) groups excluding carboxylic acids is 2. The van der Waals surface area contributed by atoms with E-state index in [9.17, 15) is 9.59 Å². The Bertz CT molecular complexity index is 401. The second kappa shape index (κ2) is 9.05. The Morgan fingerprint density at radius 3 is 2.78 bits per heavy atom. The van der Waals surface area contributed by atoms with Crippen LogP contribution in [0.3, 0.4) is 0 Å². The van der Waals surface area contributed by atoms with Gasteiger partial charge >= 0.3 is 6.03 Å². The number of nitrogens with one attached hydrogen (secondary N) is 1. The minimum atomic E-state index is -0.368. The van der Waals surface area contributed by atoms with Gasteiger partial charge in [0.1, 0.15) is 0 Å². The molecule has 0 spiro atoms. The molecule has 23 heavy (non-hydrogen) atoms. The maximum Gasteiger partial charge on any atom is 0.317 e. The number of primary amides is 1. The van der Waals surface area contributed by atoms with Gasteiger partial charge in [0.15, 0.2) is 0 Å². The molecule has 0 bridgehead atoms. The summed E-state index contributed by atoms with van der Waals surface area (Å²) in [4.78, 5) is 26.7. The predicted molar refractivity (Wildman–Crippen MR) is 85.0 cm³/mol. The smallest absolute Gasteiger partial charge is 0.317 e. The zero-order valence-corrected chi connectivity index (χ0v) is 13.8. The van der Waals surface area contributed by atoms with E-state index in [1.807, 2.05) is 11.9 Å². The van der Waals surface area contributed by atoms with E-state index < -0.39 is 0 Å². The van der Waals surface area contributed by atoms with Gasteiger partial charge in [-0.2, -0.15) is 0 Å². The standard InChI is InChI=1S/C15H28N4O4/c1-18(11-14(16)20)9-13-10-19(6-8-23-13)15(21)17-5-4-12-3-2-7-22-12/h12-13H,2-11H2,1H3,(H2,16,20)(H,17,21). The van der Waals surface area contributed by atoms with Crippen molar-refractivity contribution in [3.8, 4) is 0 Å². The third kappa shape index (κ3) is 6.32. The number of likely N-dealkylation sites (N-methyl/N-ethyl adjacent to an activating group) is 1. The van der Waals surface area contributed by atoms with Crippen LogP contribution in [0.5, 0.6) is 0 Å². The van der Waals surface area contributed by atoms with Gasteiger partial charge in [0.25, 0.3) is 0 Å². The molecule has 2 fully saturated rings. The van der Waals surface area contributed by atoms with Crippen LogP contribution in [0.15, 0.2) is 0 Å². The minimum Gasteiger partial charge on any atom is -0.378 e. The molecule has 3 amide bonds. The topological polar surface area (TPSA) is 97.1 Å². The fourth-order valence-corrected chi connectivity index (χ4v) is 3.02. The molecule has 0 saturated carbocycles. The summed E-state index contributed by atoms with van der Waals surface area (Å²) in [5.41, 5.74) is 5.17. The number of hydrogen-bond donors (Lipinski definition) is 2. The lowest BCUT2D eigenvalue weighted by Crippen LogP contribution is -2.52. The van der Waals surface area contributed by atoms with Crippen molar-refractivity contribution < 1.29 is 19.1 Å². The van der Waals surface area contributed by atoms with Gasteiger partial charge in [-0.3, -0.25) is 9.69 Å². The van der Waals surface area contributed by atoms with Crippen molar-refractivity contribution in [2.45, 2.75) is 31.5 Å². The molecule has 2 aliphatic rings. The monoisotopic (exact) mass is 328 g/mol. The van der Waals surface area contributed by atoms with Crippen LogP contribution in [0.1, 0.15) is 19.3 Å². The largest absolute Gasteiger partial charge is 0.378 e. The van der Waals surface area contributed by atoms with Crippen molar-refractivity contribution in [1.29, 1.82) is 0 Å². The molecule has 2 unspecified atom stereocenters. The molecule has 0 aliphatic carbocycles. The Kier molecular flexibility index (Phi) is 7.07. The Morgan fingerprint density at radius 2 is 2.09 bits per heavy atom. The van der Waals surface area contributed by atoms with Gasteiger partial charge in [-0.25, -0.2) is 4.79 Å². The Morgan fingerprint density at radius 1 is 1.30 bits per heavy atom. The van der Waals surface area contributed by atoms with E-state index in [1.165, 1.54) is 0 Å². The molecule has 2 atom stereocenters. The summed E-state index contributed by atoms with van der Waals surface area (Å²) in [6.45, 7) is 3.84. The van der Waals surface area contributed by atoms with E-state index in [0.717, 1.165) is 25.9 Å². The molecule has 0 aromatic rings. The first kappa shape index (κ1) is 18.0. The number of amides is 3. The van der Waals surface area contributed by atoms with Crippen molar-refractivity contribution in [3.63, 3.8) is 0 Å². The van der Waals surface area contributed by atoms with Gasteiger partial charge in [-0.05, 0) is 26.3 Å². The van der Waals surface area contributed by atoms with Crippen LogP contribution < -0.4 is 11.1 Å². The molecule has 8 heteroatoms. The number of hydrogen-bond acceptors (Lipinski definition) is 5. The van der Waals surface area contributed by atoms with E-state index >= 15 is 0 Å². The molecule has 8 nitrogen and oxygen atoms in total. The third-order valence-electron chi connectivity index (χ3n) is 4.13. The van der Waals surface area contributed by atoms with E-state index in [0.29, 0.717) is 32.8 Å². The molecule has 0 aromatic carbocycles. The van der Waals surface area contributed by atoms with Crippen LogP contribution in [0.2, 0.25) is 0 Å². The van der Waals surface area contributed by atoms with Crippen LogP contribution in [0.4, 0.5) is 4.79 Å². The number of carbonyl (C=O) groups is 2. The van der Waals surface area contributed by atoms with E-state index in [2.05, 4.69) is 5.32 Å². The zero-order valence-electron chi connectivity index (χ0n) is 13.8. The van der Waals surface area contributed by atoms with Crippen LogP contribution in [-0.4, -0.2) is 86.9 Å². The van der Waals surface area contributed by atoms with Gasteiger partial charge < -0.3 is 25.4 Å². The summed E-state index contributed by atoms with van der Waals surface area (Å²) in [5, 5.41) is 2.95. The first-order chi connectivity index (χ1) is 11.0. The van der Waals surface area contributed by atoms with Crippen LogP contribution >= 0.6 is 0 Å². The van der Waals surface area contributed by atoms with Crippen molar-refractivity contribution in [1.82, 2.24) is 15.1 Å². The van der Waals surface area contributed by atoms with Gasteiger partial charge in [0.2, 0.25) is 5.91 Å². The van der Waals surface area contributed by atoms with Crippen molar-refractivity contribution in [2.24, 2.45) is 5.73 Å². The molecule has 2 heterocycles. The summed E-state index contributed by atoms with van der Waals surface area (Å²) in [5.74, 6) is -0.368. The first-order valence-corrected chi connectivity index (χ1v) is 8.27. The average Bonchev–Trinajstić information content (AvgIpc) is 2.99. The Labute approximate surface area is 137 Å². The summed E-state index contributed by atoms with van der Waals surface area (Å²) >= 11 is 0. The van der Waals surface area contributed by atoms with Crippen molar-refractivity contribution in [2.75, 3.05) is 53.0 Å². The summed E-state index contributed by atoms with van der Waals surface area (Å²) in [6, 6.07) is -0.0612. The predicted octanol–water partition coefficient (Wildman–Crippen LogP) is -0.617. The van der Waals surface area contributed by atoms with Crippen molar-refractivity contribution >= 4 is 11.9 Å².